The van der Waals surface area contributed by atoms with Gasteiger partial charge in [-0.3, -0.25) is 9.10 Å². The van der Waals surface area contributed by atoms with Crippen LogP contribution in [0.4, 0.5) is 5.69 Å². The third-order valence-electron chi connectivity index (χ3n) is 4.48. The maximum absolute atomic E-state index is 12.4. The van der Waals surface area contributed by atoms with E-state index in [0.717, 1.165) is 27.1 Å². The lowest BCUT2D eigenvalue weighted by atomic mass is 10.1. The Morgan fingerprint density at radius 3 is 2.33 bits per heavy atom. The van der Waals surface area contributed by atoms with Gasteiger partial charge in [0.15, 0.2) is 0 Å². The summed E-state index contributed by atoms with van der Waals surface area (Å²) >= 11 is 0. The number of carbonyl (C=O) groups is 1. The van der Waals surface area contributed by atoms with Crippen LogP contribution in [0, 0.1) is 0 Å². The summed E-state index contributed by atoms with van der Waals surface area (Å²) in [6, 6.07) is 19.9. The summed E-state index contributed by atoms with van der Waals surface area (Å²) in [6.45, 7) is 0.193. The van der Waals surface area contributed by atoms with Crippen LogP contribution in [0.2, 0.25) is 0 Å². The van der Waals surface area contributed by atoms with Crippen LogP contribution in [-0.4, -0.2) is 47.4 Å². The lowest BCUT2D eigenvalue weighted by Crippen LogP contribution is -2.41. The van der Waals surface area contributed by atoms with E-state index in [4.69, 9.17) is 9.47 Å². The van der Waals surface area contributed by atoms with Crippen LogP contribution in [0.5, 0.6) is 11.5 Å². The second kappa shape index (κ2) is 9.49. The van der Waals surface area contributed by atoms with Gasteiger partial charge in [0.2, 0.25) is 15.9 Å². The van der Waals surface area contributed by atoms with Gasteiger partial charge in [-0.25, -0.2) is 8.42 Å². The molecule has 0 heterocycles. The normalized spacial score (nSPS) is 11.1. The molecule has 0 aliphatic carbocycles. The van der Waals surface area contributed by atoms with Crippen LogP contribution in [0.15, 0.2) is 66.7 Å². The highest BCUT2D eigenvalue weighted by atomic mass is 32.2. The van der Waals surface area contributed by atoms with E-state index in [2.05, 4.69) is 5.32 Å². The molecule has 0 saturated heterocycles. The number of ether oxygens (including phenoxy) is 2. The van der Waals surface area contributed by atoms with Crippen molar-refractivity contribution >= 4 is 32.4 Å². The standard InChI is InChI=1S/C22H24N2O5S/c1-28-18-10-12-19(13-11-18)29-15-14-23-22(25)16-24(30(2,26)27)21-9-5-7-17-6-3-4-8-20(17)21/h3-13H,14-16H2,1-2H3,(H,23,25). The fourth-order valence-corrected chi connectivity index (χ4v) is 3.89. The highest BCUT2D eigenvalue weighted by molar-refractivity contribution is 7.92. The first-order valence-electron chi connectivity index (χ1n) is 9.37. The molecule has 30 heavy (non-hydrogen) atoms. The third-order valence-corrected chi connectivity index (χ3v) is 5.60. The second-order valence-corrected chi connectivity index (χ2v) is 8.55. The largest absolute Gasteiger partial charge is 0.497 e. The summed E-state index contributed by atoms with van der Waals surface area (Å²) in [7, 11) is -2.07. The maximum Gasteiger partial charge on any atom is 0.240 e. The van der Waals surface area contributed by atoms with Gasteiger partial charge in [-0.2, -0.15) is 0 Å². The zero-order chi connectivity index (χ0) is 21.6. The summed E-state index contributed by atoms with van der Waals surface area (Å²) in [5.41, 5.74) is 0.472. The van der Waals surface area contributed by atoms with E-state index in [1.807, 2.05) is 30.3 Å². The summed E-state index contributed by atoms with van der Waals surface area (Å²) in [5, 5.41) is 4.37. The molecule has 0 bridgehead atoms. The third kappa shape index (κ3) is 5.42. The average molecular weight is 429 g/mol. The maximum atomic E-state index is 12.4. The number of benzene rings is 3. The van der Waals surface area contributed by atoms with Gasteiger partial charge < -0.3 is 14.8 Å². The molecule has 0 radical (unpaired) electrons. The number of rotatable bonds is 9. The van der Waals surface area contributed by atoms with Crippen molar-refractivity contribution < 1.29 is 22.7 Å². The number of hydrogen-bond acceptors (Lipinski definition) is 5. The number of fused-ring (bicyclic) bond motifs is 1. The Balaban J connectivity index is 1.62. The van der Waals surface area contributed by atoms with Crippen molar-refractivity contribution in [2.24, 2.45) is 0 Å². The van der Waals surface area contributed by atoms with E-state index in [1.165, 1.54) is 0 Å². The first kappa shape index (κ1) is 21.4. The lowest BCUT2D eigenvalue weighted by Gasteiger charge is -2.23. The molecule has 0 atom stereocenters. The number of carbonyl (C=O) groups excluding carboxylic acids is 1. The van der Waals surface area contributed by atoms with E-state index in [0.29, 0.717) is 11.4 Å². The number of nitrogens with one attached hydrogen (secondary N) is 1. The number of nitrogens with zero attached hydrogens (tertiary/aromatic N) is 1. The van der Waals surface area contributed by atoms with Gasteiger partial charge in [0.25, 0.3) is 0 Å². The molecule has 8 heteroatoms. The molecule has 0 fully saturated rings. The average Bonchev–Trinajstić information content (AvgIpc) is 2.74. The Morgan fingerprint density at radius 1 is 0.967 bits per heavy atom. The van der Waals surface area contributed by atoms with Gasteiger partial charge in [-0.15, -0.1) is 0 Å². The SMILES string of the molecule is COc1ccc(OCCNC(=O)CN(c2cccc3ccccc23)S(C)(=O)=O)cc1. The van der Waals surface area contributed by atoms with Gasteiger partial charge >= 0.3 is 0 Å². The van der Waals surface area contributed by atoms with Crippen molar-refractivity contribution in [1.29, 1.82) is 0 Å². The van der Waals surface area contributed by atoms with Gasteiger partial charge in [-0.05, 0) is 35.7 Å². The Morgan fingerprint density at radius 2 is 1.63 bits per heavy atom. The van der Waals surface area contributed by atoms with Gasteiger partial charge in [0.05, 0.1) is 25.6 Å². The van der Waals surface area contributed by atoms with Crippen LogP contribution in [-0.2, 0) is 14.8 Å². The van der Waals surface area contributed by atoms with Crippen LogP contribution < -0.4 is 19.1 Å². The van der Waals surface area contributed by atoms with Crippen LogP contribution in [0.1, 0.15) is 0 Å². The second-order valence-electron chi connectivity index (χ2n) is 6.64. The van der Waals surface area contributed by atoms with Crippen LogP contribution >= 0.6 is 0 Å². The first-order valence-corrected chi connectivity index (χ1v) is 11.2. The van der Waals surface area contributed by atoms with E-state index < -0.39 is 15.9 Å². The van der Waals surface area contributed by atoms with Crippen LogP contribution in [0.3, 0.4) is 0 Å². The van der Waals surface area contributed by atoms with E-state index in [-0.39, 0.29) is 19.7 Å². The van der Waals surface area contributed by atoms with Crippen molar-refractivity contribution in [3.8, 4) is 11.5 Å². The predicted molar refractivity (Wildman–Crippen MR) is 118 cm³/mol. The quantitative estimate of drug-likeness (QED) is 0.530. The summed E-state index contributed by atoms with van der Waals surface area (Å²) < 4.78 is 36.6. The molecule has 3 aromatic carbocycles. The lowest BCUT2D eigenvalue weighted by molar-refractivity contribution is -0.119. The molecule has 158 valence electrons. The van der Waals surface area contributed by atoms with Crippen LogP contribution in [0.25, 0.3) is 10.8 Å². The Labute approximate surface area is 176 Å². The Hall–Kier alpha value is -3.26. The molecule has 3 aromatic rings. The predicted octanol–water partition coefficient (Wildman–Crippen LogP) is 2.81. The van der Waals surface area contributed by atoms with Gasteiger partial charge in [0, 0.05) is 5.39 Å². The zero-order valence-electron chi connectivity index (χ0n) is 16.9. The van der Waals surface area contributed by atoms with E-state index in [1.54, 1.807) is 43.5 Å². The molecular weight excluding hydrogens is 404 g/mol. The van der Waals surface area contributed by atoms with Gasteiger partial charge in [-0.1, -0.05) is 36.4 Å². The highest BCUT2D eigenvalue weighted by Gasteiger charge is 2.22. The van der Waals surface area contributed by atoms with E-state index in [9.17, 15) is 13.2 Å². The molecule has 0 aliphatic heterocycles. The summed E-state index contributed by atoms with van der Waals surface area (Å²) in [4.78, 5) is 12.4. The smallest absolute Gasteiger partial charge is 0.240 e. The number of sulfonamides is 1. The molecule has 1 N–H and O–H groups in total. The number of amides is 1. The molecule has 1 amide bonds. The number of anilines is 1. The van der Waals surface area contributed by atoms with Crippen molar-refractivity contribution in [3.05, 3.63) is 66.7 Å². The van der Waals surface area contributed by atoms with Crippen molar-refractivity contribution in [2.45, 2.75) is 0 Å². The molecule has 0 aromatic heterocycles. The molecule has 0 aliphatic rings. The minimum Gasteiger partial charge on any atom is -0.497 e. The molecule has 0 saturated carbocycles. The molecular formula is C22H24N2O5S. The van der Waals surface area contributed by atoms with Gasteiger partial charge in [0.1, 0.15) is 24.7 Å². The monoisotopic (exact) mass is 428 g/mol. The topological polar surface area (TPSA) is 84.9 Å². The Bertz CT molecular complexity index is 1110. The molecule has 3 rings (SSSR count). The highest BCUT2D eigenvalue weighted by Crippen LogP contribution is 2.28. The molecule has 0 spiro atoms. The van der Waals surface area contributed by atoms with Crippen molar-refractivity contribution in [1.82, 2.24) is 5.32 Å². The summed E-state index contributed by atoms with van der Waals surface area (Å²) in [5.74, 6) is 0.968. The minimum absolute atomic E-state index is 0.248. The first-order chi connectivity index (χ1) is 14.4. The van der Waals surface area contributed by atoms with Crippen molar-refractivity contribution in [2.75, 3.05) is 37.4 Å². The number of methoxy groups -OCH3 is 1. The van der Waals surface area contributed by atoms with Crippen molar-refractivity contribution in [3.63, 3.8) is 0 Å². The Kier molecular flexibility index (Phi) is 6.79. The number of hydrogen-bond donors (Lipinski definition) is 1. The fourth-order valence-electron chi connectivity index (χ4n) is 3.02. The summed E-state index contributed by atoms with van der Waals surface area (Å²) in [6.07, 6.45) is 1.09. The van der Waals surface area contributed by atoms with E-state index >= 15 is 0 Å². The fraction of sp³-hybridized carbons (Fsp3) is 0.227. The molecule has 0 unspecified atom stereocenters. The minimum atomic E-state index is -3.66. The zero-order valence-corrected chi connectivity index (χ0v) is 17.7. The molecule has 7 nitrogen and oxygen atoms in total.